The molecule has 0 amide bonds. The van der Waals surface area contributed by atoms with Crippen LogP contribution >= 0.6 is 11.3 Å². The van der Waals surface area contributed by atoms with Gasteiger partial charge in [0.2, 0.25) is 0 Å². The summed E-state index contributed by atoms with van der Waals surface area (Å²) in [5.41, 5.74) is 1.24. The number of carbonyl (C=O) groups is 1. The van der Waals surface area contributed by atoms with Crippen LogP contribution in [0.3, 0.4) is 0 Å². The van der Waals surface area contributed by atoms with Crippen molar-refractivity contribution in [3.05, 3.63) is 34.4 Å². The molecule has 0 fully saturated rings. The lowest BCUT2D eigenvalue weighted by molar-refractivity contribution is 0.101. The standard InChI is InChI=1S/C14H14FNO2S/c1-8(2)18-13-5-4-10(6-11(13)15)12-7-19-14(16-12)9(3)17/h4-8H,1-3H3. The molecule has 0 aliphatic rings. The maximum atomic E-state index is 13.8. The van der Waals surface area contributed by atoms with Crippen molar-refractivity contribution >= 4 is 17.1 Å². The first-order chi connectivity index (χ1) is 8.97. The number of thiazole rings is 1. The molecular formula is C14H14FNO2S. The summed E-state index contributed by atoms with van der Waals surface area (Å²) in [6, 6.07) is 4.69. The lowest BCUT2D eigenvalue weighted by Crippen LogP contribution is -2.06. The molecule has 0 spiro atoms. The zero-order chi connectivity index (χ0) is 14.0. The third-order valence-corrected chi connectivity index (χ3v) is 3.34. The molecule has 0 bridgehead atoms. The minimum absolute atomic E-state index is 0.0797. The quantitative estimate of drug-likeness (QED) is 0.796. The molecule has 100 valence electrons. The molecule has 1 heterocycles. The summed E-state index contributed by atoms with van der Waals surface area (Å²) in [7, 11) is 0. The smallest absolute Gasteiger partial charge is 0.188 e. The number of halogens is 1. The van der Waals surface area contributed by atoms with Gasteiger partial charge in [-0.3, -0.25) is 4.79 Å². The van der Waals surface area contributed by atoms with Gasteiger partial charge in [-0.25, -0.2) is 9.37 Å². The number of benzene rings is 1. The molecule has 1 aromatic carbocycles. The van der Waals surface area contributed by atoms with Gasteiger partial charge in [-0.2, -0.15) is 0 Å². The van der Waals surface area contributed by atoms with Crippen molar-refractivity contribution in [1.29, 1.82) is 0 Å². The fourth-order valence-corrected chi connectivity index (χ4v) is 2.31. The van der Waals surface area contributed by atoms with Crippen molar-refractivity contribution in [2.75, 3.05) is 0 Å². The van der Waals surface area contributed by atoms with Crippen molar-refractivity contribution in [1.82, 2.24) is 4.98 Å². The van der Waals surface area contributed by atoms with Gasteiger partial charge in [-0.1, -0.05) is 0 Å². The zero-order valence-corrected chi connectivity index (χ0v) is 11.8. The molecule has 0 unspecified atom stereocenters. The number of ketones is 1. The second-order valence-corrected chi connectivity index (χ2v) is 5.26. The topological polar surface area (TPSA) is 39.2 Å². The molecule has 0 radical (unpaired) electrons. The zero-order valence-electron chi connectivity index (χ0n) is 10.9. The van der Waals surface area contributed by atoms with Crippen molar-refractivity contribution in [3.8, 4) is 17.0 Å². The minimum atomic E-state index is -0.427. The Bertz CT molecular complexity index is 607. The van der Waals surface area contributed by atoms with Crippen LogP contribution < -0.4 is 4.74 Å². The predicted molar refractivity (Wildman–Crippen MR) is 73.3 cm³/mol. The van der Waals surface area contributed by atoms with Gasteiger partial charge in [-0.05, 0) is 32.0 Å². The number of aromatic nitrogens is 1. The highest BCUT2D eigenvalue weighted by atomic mass is 32.1. The summed E-state index contributed by atoms with van der Waals surface area (Å²) in [5.74, 6) is -0.291. The highest BCUT2D eigenvalue weighted by Gasteiger charge is 2.11. The van der Waals surface area contributed by atoms with Gasteiger partial charge in [0.05, 0.1) is 11.8 Å². The van der Waals surface area contributed by atoms with E-state index >= 15 is 0 Å². The second kappa shape index (κ2) is 5.48. The lowest BCUT2D eigenvalue weighted by atomic mass is 10.1. The largest absolute Gasteiger partial charge is 0.488 e. The average molecular weight is 279 g/mol. The first-order valence-corrected chi connectivity index (χ1v) is 6.78. The van der Waals surface area contributed by atoms with Crippen molar-refractivity contribution < 1.29 is 13.9 Å². The Balaban J connectivity index is 2.30. The normalized spacial score (nSPS) is 10.8. The molecule has 0 saturated heterocycles. The van der Waals surface area contributed by atoms with E-state index in [0.29, 0.717) is 16.3 Å². The Morgan fingerprint density at radius 2 is 2.16 bits per heavy atom. The van der Waals surface area contributed by atoms with Crippen LogP contribution in [0.15, 0.2) is 23.6 Å². The Morgan fingerprint density at radius 1 is 1.42 bits per heavy atom. The Labute approximate surface area is 115 Å². The summed E-state index contributed by atoms with van der Waals surface area (Å²) < 4.78 is 19.2. The number of ether oxygens (including phenoxy) is 1. The first kappa shape index (κ1) is 13.7. The van der Waals surface area contributed by atoms with E-state index < -0.39 is 5.82 Å². The number of Topliss-reactive ketones (excluding diaryl/α,β-unsaturated/α-hetero) is 1. The summed E-state index contributed by atoms with van der Waals surface area (Å²) in [5, 5.41) is 2.17. The van der Waals surface area contributed by atoms with Gasteiger partial charge < -0.3 is 4.74 Å². The Hall–Kier alpha value is -1.75. The molecular weight excluding hydrogens is 265 g/mol. The van der Waals surface area contributed by atoms with E-state index in [-0.39, 0.29) is 17.6 Å². The monoisotopic (exact) mass is 279 g/mol. The number of rotatable bonds is 4. The van der Waals surface area contributed by atoms with Crippen LogP contribution in [0.5, 0.6) is 5.75 Å². The van der Waals surface area contributed by atoms with E-state index in [0.717, 1.165) is 0 Å². The maximum Gasteiger partial charge on any atom is 0.188 e. The summed E-state index contributed by atoms with van der Waals surface area (Å²) in [6.45, 7) is 5.14. The second-order valence-electron chi connectivity index (χ2n) is 4.41. The van der Waals surface area contributed by atoms with Crippen molar-refractivity contribution in [2.45, 2.75) is 26.9 Å². The van der Waals surface area contributed by atoms with E-state index in [9.17, 15) is 9.18 Å². The fourth-order valence-electron chi connectivity index (χ4n) is 1.58. The number of hydrogen-bond acceptors (Lipinski definition) is 4. The SMILES string of the molecule is CC(=O)c1nc(-c2ccc(OC(C)C)c(F)c2)cs1. The summed E-state index contributed by atoms with van der Waals surface area (Å²) >= 11 is 1.26. The average Bonchev–Trinajstić information content (AvgIpc) is 2.80. The molecule has 0 atom stereocenters. The lowest BCUT2D eigenvalue weighted by Gasteiger charge is -2.10. The minimum Gasteiger partial charge on any atom is -0.488 e. The van der Waals surface area contributed by atoms with Crippen LogP contribution in [0.2, 0.25) is 0 Å². The fraction of sp³-hybridized carbons (Fsp3) is 0.286. The highest BCUT2D eigenvalue weighted by Crippen LogP contribution is 2.27. The van der Waals surface area contributed by atoms with Gasteiger partial charge in [0.25, 0.3) is 0 Å². The molecule has 0 aliphatic carbocycles. The van der Waals surface area contributed by atoms with Gasteiger partial charge in [0.1, 0.15) is 0 Å². The molecule has 5 heteroatoms. The molecule has 2 rings (SSSR count). The third-order valence-electron chi connectivity index (χ3n) is 2.40. The third kappa shape index (κ3) is 3.17. The molecule has 0 aliphatic heterocycles. The summed E-state index contributed by atoms with van der Waals surface area (Å²) in [6.07, 6.45) is -0.0797. The van der Waals surface area contributed by atoms with Crippen LogP contribution in [-0.4, -0.2) is 16.9 Å². The molecule has 0 saturated carbocycles. The van der Waals surface area contributed by atoms with Crippen LogP contribution in [0.25, 0.3) is 11.3 Å². The van der Waals surface area contributed by atoms with E-state index in [1.807, 2.05) is 13.8 Å². The Kier molecular flexibility index (Phi) is 3.95. The number of carbonyl (C=O) groups excluding carboxylic acids is 1. The molecule has 0 N–H and O–H groups in total. The Morgan fingerprint density at radius 3 is 2.68 bits per heavy atom. The molecule has 2 aromatic rings. The van der Waals surface area contributed by atoms with E-state index in [4.69, 9.17) is 4.74 Å². The van der Waals surface area contributed by atoms with Crippen LogP contribution in [0.1, 0.15) is 30.6 Å². The molecule has 19 heavy (non-hydrogen) atoms. The van der Waals surface area contributed by atoms with E-state index in [1.165, 1.54) is 24.3 Å². The van der Waals surface area contributed by atoms with E-state index in [1.54, 1.807) is 17.5 Å². The van der Waals surface area contributed by atoms with Gasteiger partial charge in [-0.15, -0.1) is 11.3 Å². The predicted octanol–water partition coefficient (Wildman–Crippen LogP) is 3.94. The maximum absolute atomic E-state index is 13.8. The highest BCUT2D eigenvalue weighted by molar-refractivity contribution is 7.12. The number of hydrogen-bond donors (Lipinski definition) is 0. The van der Waals surface area contributed by atoms with Crippen LogP contribution in [0, 0.1) is 5.82 Å². The number of nitrogens with zero attached hydrogens (tertiary/aromatic N) is 1. The van der Waals surface area contributed by atoms with Crippen LogP contribution in [0.4, 0.5) is 4.39 Å². The molecule has 3 nitrogen and oxygen atoms in total. The first-order valence-electron chi connectivity index (χ1n) is 5.90. The molecule has 1 aromatic heterocycles. The van der Waals surface area contributed by atoms with Gasteiger partial charge in [0, 0.05) is 17.9 Å². The van der Waals surface area contributed by atoms with Gasteiger partial charge in [0.15, 0.2) is 22.4 Å². The van der Waals surface area contributed by atoms with Crippen molar-refractivity contribution in [2.24, 2.45) is 0 Å². The van der Waals surface area contributed by atoms with Gasteiger partial charge >= 0.3 is 0 Å². The summed E-state index contributed by atoms with van der Waals surface area (Å²) in [4.78, 5) is 15.4. The van der Waals surface area contributed by atoms with E-state index in [2.05, 4.69) is 4.98 Å². The van der Waals surface area contributed by atoms with Crippen LogP contribution in [-0.2, 0) is 0 Å². The van der Waals surface area contributed by atoms with Crippen molar-refractivity contribution in [3.63, 3.8) is 0 Å².